The van der Waals surface area contributed by atoms with Crippen LogP contribution in [0.25, 0.3) is 11.1 Å². The molecule has 3 heterocycles. The number of pyridine rings is 1. The summed E-state index contributed by atoms with van der Waals surface area (Å²) in [5, 5.41) is 9.44. The molecule has 196 valence electrons. The van der Waals surface area contributed by atoms with Crippen LogP contribution in [0.5, 0.6) is 5.75 Å². The van der Waals surface area contributed by atoms with E-state index in [9.17, 15) is 9.18 Å². The number of halogens is 1. The van der Waals surface area contributed by atoms with E-state index in [0.29, 0.717) is 29.7 Å². The molecule has 0 saturated carbocycles. The Kier molecular flexibility index (Phi) is 8.04. The van der Waals surface area contributed by atoms with E-state index < -0.39 is 5.91 Å². The molecule has 5 rings (SSSR count). The molecular weight excluding hydrogens is 485 g/mol. The summed E-state index contributed by atoms with van der Waals surface area (Å²) in [5.74, 6) is 1.23. The van der Waals surface area contributed by atoms with Crippen LogP contribution in [0.4, 0.5) is 10.2 Å². The summed E-state index contributed by atoms with van der Waals surface area (Å²) in [6, 6.07) is 16.1. The van der Waals surface area contributed by atoms with Crippen LogP contribution in [0.15, 0.2) is 60.8 Å². The molecular formula is C29H30FN5O3. The third-order valence-electron chi connectivity index (χ3n) is 6.62. The number of H-pyrrole nitrogens is 1. The highest BCUT2D eigenvalue weighted by atomic mass is 19.1. The standard InChI is InChI=1S/C29H30FN5O3/c1-19-8-9-23(38-14-11-20-5-4-13-37-18-20)17-24(19)21-10-12-31-26(15-21)33-29(36)28-32-27(34-35-28)16-22-6-2-3-7-25(22)30/h2-3,6-10,12,15,17,20H,4-5,11,13-14,16,18H2,1H3,(H,31,33,36)(H,32,34,35). The summed E-state index contributed by atoms with van der Waals surface area (Å²) >= 11 is 0. The van der Waals surface area contributed by atoms with E-state index in [2.05, 4.69) is 25.5 Å². The summed E-state index contributed by atoms with van der Waals surface area (Å²) in [6.45, 7) is 4.35. The predicted octanol–water partition coefficient (Wildman–Crippen LogP) is 5.35. The Labute approximate surface area is 220 Å². The Hall–Kier alpha value is -4.11. The second kappa shape index (κ2) is 12.0. The predicted molar refractivity (Wildman–Crippen MR) is 142 cm³/mol. The van der Waals surface area contributed by atoms with Gasteiger partial charge in [-0.1, -0.05) is 24.3 Å². The highest BCUT2D eigenvalue weighted by molar-refractivity contribution is 6.01. The molecule has 1 fully saturated rings. The summed E-state index contributed by atoms with van der Waals surface area (Å²) in [4.78, 5) is 21.3. The minimum atomic E-state index is -0.508. The lowest BCUT2D eigenvalue weighted by molar-refractivity contribution is 0.0462. The number of aromatic nitrogens is 4. The Balaban J connectivity index is 1.23. The van der Waals surface area contributed by atoms with Crippen LogP contribution in [0.1, 0.15) is 46.8 Å². The fourth-order valence-corrected chi connectivity index (χ4v) is 4.52. The van der Waals surface area contributed by atoms with Gasteiger partial charge in [-0.2, -0.15) is 0 Å². The van der Waals surface area contributed by atoms with E-state index in [0.717, 1.165) is 48.5 Å². The topological polar surface area (TPSA) is 102 Å². The van der Waals surface area contributed by atoms with Gasteiger partial charge in [0.1, 0.15) is 23.2 Å². The normalized spacial score (nSPS) is 15.3. The summed E-state index contributed by atoms with van der Waals surface area (Å²) in [7, 11) is 0. The second-order valence-electron chi connectivity index (χ2n) is 9.45. The molecule has 1 amide bonds. The number of nitrogens with zero attached hydrogens (tertiary/aromatic N) is 3. The molecule has 38 heavy (non-hydrogen) atoms. The fraction of sp³-hybridized carbons (Fsp3) is 0.310. The Morgan fingerprint density at radius 1 is 1.21 bits per heavy atom. The first-order valence-electron chi connectivity index (χ1n) is 12.8. The van der Waals surface area contributed by atoms with E-state index in [1.165, 1.54) is 12.5 Å². The lowest BCUT2D eigenvalue weighted by atomic mass is 9.99. The molecule has 1 aliphatic rings. The van der Waals surface area contributed by atoms with Crippen molar-refractivity contribution in [2.75, 3.05) is 25.1 Å². The number of aryl methyl sites for hydroxylation is 1. The number of carbonyl (C=O) groups is 1. The Morgan fingerprint density at radius 2 is 2.11 bits per heavy atom. The number of nitrogens with one attached hydrogen (secondary N) is 2. The average molecular weight is 516 g/mol. The zero-order chi connectivity index (χ0) is 26.3. The number of amides is 1. The lowest BCUT2D eigenvalue weighted by Gasteiger charge is -2.22. The zero-order valence-electron chi connectivity index (χ0n) is 21.2. The fourth-order valence-electron chi connectivity index (χ4n) is 4.52. The molecule has 0 bridgehead atoms. The van der Waals surface area contributed by atoms with Crippen molar-refractivity contribution >= 4 is 11.7 Å². The van der Waals surface area contributed by atoms with Gasteiger partial charge in [0.25, 0.3) is 5.91 Å². The van der Waals surface area contributed by atoms with Crippen molar-refractivity contribution in [2.45, 2.75) is 32.6 Å². The van der Waals surface area contributed by atoms with Gasteiger partial charge < -0.3 is 14.8 Å². The van der Waals surface area contributed by atoms with Crippen molar-refractivity contribution in [3.63, 3.8) is 0 Å². The molecule has 1 unspecified atom stereocenters. The second-order valence-corrected chi connectivity index (χ2v) is 9.45. The van der Waals surface area contributed by atoms with Gasteiger partial charge in [0.05, 0.1) is 6.61 Å². The molecule has 1 saturated heterocycles. The highest BCUT2D eigenvalue weighted by Crippen LogP contribution is 2.29. The van der Waals surface area contributed by atoms with E-state index in [4.69, 9.17) is 9.47 Å². The van der Waals surface area contributed by atoms with Crippen molar-refractivity contribution in [3.8, 4) is 16.9 Å². The minimum Gasteiger partial charge on any atom is -0.494 e. The monoisotopic (exact) mass is 515 g/mol. The van der Waals surface area contributed by atoms with Gasteiger partial charge >= 0.3 is 0 Å². The maximum absolute atomic E-state index is 13.9. The number of hydrogen-bond donors (Lipinski definition) is 2. The van der Waals surface area contributed by atoms with Gasteiger partial charge in [-0.25, -0.2) is 14.4 Å². The summed E-state index contributed by atoms with van der Waals surface area (Å²) < 4.78 is 25.5. The molecule has 9 heteroatoms. The largest absolute Gasteiger partial charge is 0.494 e. The number of anilines is 1. The minimum absolute atomic E-state index is 0.0431. The van der Waals surface area contributed by atoms with Gasteiger partial charge in [0.15, 0.2) is 0 Å². The Morgan fingerprint density at radius 3 is 2.95 bits per heavy atom. The van der Waals surface area contributed by atoms with Gasteiger partial charge in [-0.3, -0.25) is 9.89 Å². The van der Waals surface area contributed by atoms with Crippen LogP contribution >= 0.6 is 0 Å². The van der Waals surface area contributed by atoms with Crippen molar-refractivity contribution in [1.29, 1.82) is 0 Å². The van der Waals surface area contributed by atoms with E-state index in [1.54, 1.807) is 30.5 Å². The number of ether oxygens (including phenoxy) is 2. The molecule has 2 aromatic carbocycles. The molecule has 2 aromatic heterocycles. The molecule has 0 radical (unpaired) electrons. The van der Waals surface area contributed by atoms with Crippen LogP contribution in [-0.4, -0.2) is 45.9 Å². The van der Waals surface area contributed by atoms with E-state index in [-0.39, 0.29) is 18.1 Å². The van der Waals surface area contributed by atoms with Crippen LogP contribution in [0, 0.1) is 18.7 Å². The number of rotatable bonds is 9. The van der Waals surface area contributed by atoms with Crippen molar-refractivity contribution < 1.29 is 18.7 Å². The van der Waals surface area contributed by atoms with E-state index >= 15 is 0 Å². The maximum atomic E-state index is 13.9. The molecule has 1 atom stereocenters. The molecule has 1 aliphatic heterocycles. The molecule has 2 N–H and O–H groups in total. The smallest absolute Gasteiger partial charge is 0.296 e. The SMILES string of the molecule is Cc1ccc(OCCC2CCCOC2)cc1-c1ccnc(NC(=O)c2n[nH]c(Cc3ccccc3F)n2)c1. The third kappa shape index (κ3) is 6.41. The van der Waals surface area contributed by atoms with Gasteiger partial charge in [-0.05, 0) is 84.7 Å². The number of hydrogen-bond acceptors (Lipinski definition) is 6. The van der Waals surface area contributed by atoms with Gasteiger partial charge in [-0.15, -0.1) is 5.10 Å². The molecule has 0 spiro atoms. The van der Waals surface area contributed by atoms with Crippen molar-refractivity contribution in [3.05, 3.63) is 89.4 Å². The summed E-state index contributed by atoms with van der Waals surface area (Å²) in [6.07, 6.45) is 5.12. The third-order valence-corrected chi connectivity index (χ3v) is 6.62. The first-order chi connectivity index (χ1) is 18.5. The maximum Gasteiger partial charge on any atom is 0.296 e. The molecule has 4 aromatic rings. The zero-order valence-corrected chi connectivity index (χ0v) is 21.2. The van der Waals surface area contributed by atoms with Crippen LogP contribution in [0.3, 0.4) is 0 Å². The van der Waals surface area contributed by atoms with E-state index in [1.807, 2.05) is 31.2 Å². The van der Waals surface area contributed by atoms with Crippen LogP contribution < -0.4 is 10.1 Å². The lowest BCUT2D eigenvalue weighted by Crippen LogP contribution is -2.19. The van der Waals surface area contributed by atoms with Gasteiger partial charge in [0.2, 0.25) is 5.82 Å². The Bertz CT molecular complexity index is 1400. The number of aromatic amines is 1. The summed E-state index contributed by atoms with van der Waals surface area (Å²) in [5.41, 5.74) is 3.43. The average Bonchev–Trinajstić information content (AvgIpc) is 3.40. The van der Waals surface area contributed by atoms with Crippen LogP contribution in [0.2, 0.25) is 0 Å². The van der Waals surface area contributed by atoms with Crippen molar-refractivity contribution in [2.24, 2.45) is 5.92 Å². The van der Waals surface area contributed by atoms with Gasteiger partial charge in [0, 0.05) is 25.8 Å². The first kappa shape index (κ1) is 25.5. The molecule has 0 aliphatic carbocycles. The van der Waals surface area contributed by atoms with Crippen molar-refractivity contribution in [1.82, 2.24) is 20.2 Å². The number of carbonyl (C=O) groups excluding carboxylic acids is 1. The molecule has 8 nitrogen and oxygen atoms in total. The number of benzene rings is 2. The van der Waals surface area contributed by atoms with Crippen LogP contribution in [-0.2, 0) is 11.2 Å². The first-order valence-corrected chi connectivity index (χ1v) is 12.8. The highest BCUT2D eigenvalue weighted by Gasteiger charge is 2.16. The quantitative estimate of drug-likeness (QED) is 0.311.